The van der Waals surface area contributed by atoms with E-state index < -0.39 is 0 Å². The van der Waals surface area contributed by atoms with Gasteiger partial charge in [0.05, 0.1) is 17.9 Å². The summed E-state index contributed by atoms with van der Waals surface area (Å²) in [4.78, 5) is 14.0. The third kappa shape index (κ3) is 2.24. The van der Waals surface area contributed by atoms with Gasteiger partial charge in [-0.2, -0.15) is 0 Å². The molecule has 1 aromatic rings. The van der Waals surface area contributed by atoms with Crippen LogP contribution in [0.1, 0.15) is 12.8 Å². The van der Waals surface area contributed by atoms with Crippen LogP contribution < -0.4 is 15.5 Å². The van der Waals surface area contributed by atoms with Crippen LogP contribution in [-0.4, -0.2) is 31.6 Å². The van der Waals surface area contributed by atoms with Crippen molar-refractivity contribution >= 4 is 33.2 Å². The van der Waals surface area contributed by atoms with Gasteiger partial charge in [0.2, 0.25) is 5.91 Å². The Balaban J connectivity index is 1.94. The van der Waals surface area contributed by atoms with Gasteiger partial charge >= 0.3 is 0 Å². The fourth-order valence-corrected chi connectivity index (χ4v) is 3.05. The molecule has 1 amide bonds. The lowest BCUT2D eigenvalue weighted by molar-refractivity contribution is -0.115. The predicted octanol–water partition coefficient (Wildman–Crippen LogP) is 1.96. The molecule has 18 heavy (non-hydrogen) atoms. The summed E-state index contributed by atoms with van der Waals surface area (Å²) in [7, 11) is 0. The molecule has 0 radical (unpaired) electrons. The van der Waals surface area contributed by atoms with E-state index in [9.17, 15) is 4.79 Å². The molecule has 2 aliphatic heterocycles. The first kappa shape index (κ1) is 12.0. The van der Waals surface area contributed by atoms with Crippen molar-refractivity contribution < 1.29 is 4.79 Å². The smallest absolute Gasteiger partial charge is 0.243 e. The van der Waals surface area contributed by atoms with E-state index in [0.717, 1.165) is 35.4 Å². The van der Waals surface area contributed by atoms with Gasteiger partial charge in [-0.15, -0.1) is 0 Å². The standard InChI is InChI=1S/C13H16BrN3O/c14-9-3-4-11-12(6-9)17(8-13(18)16-11)10-2-1-5-15-7-10/h3-4,6,10,15H,1-2,5,7-8H2,(H,16,18). The molecule has 0 bridgehead atoms. The Labute approximate surface area is 115 Å². The summed E-state index contributed by atoms with van der Waals surface area (Å²) in [6.07, 6.45) is 2.32. The zero-order chi connectivity index (χ0) is 12.5. The number of nitrogens with one attached hydrogen (secondary N) is 2. The Morgan fingerprint density at radius 3 is 3.06 bits per heavy atom. The van der Waals surface area contributed by atoms with Gasteiger partial charge in [-0.3, -0.25) is 4.79 Å². The number of halogens is 1. The minimum atomic E-state index is 0.0791. The Kier molecular flexibility index (Phi) is 3.26. The molecule has 3 rings (SSSR count). The zero-order valence-corrected chi connectivity index (χ0v) is 11.7. The van der Waals surface area contributed by atoms with Gasteiger partial charge < -0.3 is 15.5 Å². The molecule has 4 nitrogen and oxygen atoms in total. The average Bonchev–Trinajstić information content (AvgIpc) is 2.39. The highest BCUT2D eigenvalue weighted by molar-refractivity contribution is 9.10. The summed E-state index contributed by atoms with van der Waals surface area (Å²) in [5, 5.41) is 6.34. The summed E-state index contributed by atoms with van der Waals surface area (Å²) in [6, 6.07) is 6.42. The van der Waals surface area contributed by atoms with E-state index in [1.165, 1.54) is 6.42 Å². The molecule has 5 heteroatoms. The predicted molar refractivity (Wildman–Crippen MR) is 76.0 cm³/mol. The van der Waals surface area contributed by atoms with Gasteiger partial charge in [-0.05, 0) is 37.6 Å². The fourth-order valence-electron chi connectivity index (χ4n) is 2.70. The first-order valence-corrected chi connectivity index (χ1v) is 7.10. The molecule has 2 heterocycles. The number of fused-ring (bicyclic) bond motifs is 1. The molecule has 0 saturated carbocycles. The van der Waals surface area contributed by atoms with E-state index in [4.69, 9.17) is 0 Å². The molecule has 96 valence electrons. The van der Waals surface area contributed by atoms with E-state index in [0.29, 0.717) is 12.6 Å². The van der Waals surface area contributed by atoms with Crippen molar-refractivity contribution in [2.24, 2.45) is 0 Å². The number of amides is 1. The van der Waals surface area contributed by atoms with Crippen molar-refractivity contribution in [2.75, 3.05) is 29.9 Å². The molecule has 1 atom stereocenters. The fraction of sp³-hybridized carbons (Fsp3) is 0.462. The monoisotopic (exact) mass is 309 g/mol. The van der Waals surface area contributed by atoms with Gasteiger partial charge in [0.15, 0.2) is 0 Å². The number of hydrogen-bond donors (Lipinski definition) is 2. The number of piperidine rings is 1. The summed E-state index contributed by atoms with van der Waals surface area (Å²) in [6.45, 7) is 2.50. The van der Waals surface area contributed by atoms with Gasteiger partial charge in [0, 0.05) is 17.1 Å². The van der Waals surface area contributed by atoms with Crippen molar-refractivity contribution in [1.29, 1.82) is 0 Å². The number of rotatable bonds is 1. The number of carbonyl (C=O) groups is 1. The molecule has 2 aliphatic rings. The highest BCUT2D eigenvalue weighted by Crippen LogP contribution is 2.34. The molecular formula is C13H16BrN3O. The largest absolute Gasteiger partial charge is 0.356 e. The van der Waals surface area contributed by atoms with Crippen LogP contribution in [0.3, 0.4) is 0 Å². The molecule has 0 spiro atoms. The Morgan fingerprint density at radius 1 is 1.39 bits per heavy atom. The van der Waals surface area contributed by atoms with Crippen LogP contribution in [0, 0.1) is 0 Å². The number of anilines is 2. The van der Waals surface area contributed by atoms with Crippen LogP contribution in [0.5, 0.6) is 0 Å². The van der Waals surface area contributed by atoms with Crippen molar-refractivity contribution in [3.05, 3.63) is 22.7 Å². The first-order valence-electron chi connectivity index (χ1n) is 6.31. The van der Waals surface area contributed by atoms with Crippen LogP contribution >= 0.6 is 15.9 Å². The Bertz CT molecular complexity index is 471. The third-order valence-electron chi connectivity index (χ3n) is 3.57. The summed E-state index contributed by atoms with van der Waals surface area (Å²) in [5.41, 5.74) is 2.04. The van der Waals surface area contributed by atoms with Crippen molar-refractivity contribution in [3.8, 4) is 0 Å². The quantitative estimate of drug-likeness (QED) is 0.833. The number of nitrogens with zero attached hydrogens (tertiary/aromatic N) is 1. The molecule has 1 unspecified atom stereocenters. The van der Waals surface area contributed by atoms with Crippen LogP contribution in [-0.2, 0) is 4.79 Å². The maximum Gasteiger partial charge on any atom is 0.243 e. The van der Waals surface area contributed by atoms with E-state index in [1.807, 2.05) is 12.1 Å². The summed E-state index contributed by atoms with van der Waals surface area (Å²) < 4.78 is 1.05. The van der Waals surface area contributed by atoms with Crippen LogP contribution in [0.4, 0.5) is 11.4 Å². The van der Waals surface area contributed by atoms with E-state index >= 15 is 0 Å². The third-order valence-corrected chi connectivity index (χ3v) is 4.06. The Morgan fingerprint density at radius 2 is 2.28 bits per heavy atom. The van der Waals surface area contributed by atoms with Crippen LogP contribution in [0.2, 0.25) is 0 Å². The minimum Gasteiger partial charge on any atom is -0.356 e. The van der Waals surface area contributed by atoms with Gasteiger partial charge in [0.1, 0.15) is 0 Å². The number of carbonyl (C=O) groups excluding carboxylic acids is 1. The van der Waals surface area contributed by atoms with Crippen molar-refractivity contribution in [1.82, 2.24) is 5.32 Å². The van der Waals surface area contributed by atoms with Crippen molar-refractivity contribution in [2.45, 2.75) is 18.9 Å². The number of benzene rings is 1. The molecule has 1 aromatic carbocycles. The first-order chi connectivity index (χ1) is 8.74. The highest BCUT2D eigenvalue weighted by atomic mass is 79.9. The van der Waals surface area contributed by atoms with E-state index in [2.05, 4.69) is 37.5 Å². The second kappa shape index (κ2) is 4.90. The lowest BCUT2D eigenvalue weighted by atomic mass is 10.0. The summed E-state index contributed by atoms with van der Waals surface area (Å²) in [5.74, 6) is 0.0791. The second-order valence-electron chi connectivity index (χ2n) is 4.84. The molecular weight excluding hydrogens is 294 g/mol. The molecule has 2 N–H and O–H groups in total. The maximum absolute atomic E-state index is 11.8. The van der Waals surface area contributed by atoms with Gasteiger partial charge in [0.25, 0.3) is 0 Å². The maximum atomic E-state index is 11.8. The average molecular weight is 310 g/mol. The Hall–Kier alpha value is -1.07. The minimum absolute atomic E-state index is 0.0791. The SMILES string of the molecule is O=C1CN(C2CCCNC2)c2cc(Br)ccc2N1. The molecule has 0 aliphatic carbocycles. The van der Waals surface area contributed by atoms with Crippen molar-refractivity contribution in [3.63, 3.8) is 0 Å². The number of hydrogen-bond acceptors (Lipinski definition) is 3. The molecule has 0 aromatic heterocycles. The lowest BCUT2D eigenvalue weighted by Crippen LogP contribution is -2.51. The van der Waals surface area contributed by atoms with E-state index in [1.54, 1.807) is 0 Å². The zero-order valence-electron chi connectivity index (χ0n) is 10.1. The van der Waals surface area contributed by atoms with Gasteiger partial charge in [-0.25, -0.2) is 0 Å². The topological polar surface area (TPSA) is 44.4 Å². The molecule has 1 fully saturated rings. The van der Waals surface area contributed by atoms with Crippen LogP contribution in [0.25, 0.3) is 0 Å². The molecule has 1 saturated heterocycles. The lowest BCUT2D eigenvalue weighted by Gasteiger charge is -2.39. The summed E-state index contributed by atoms with van der Waals surface area (Å²) >= 11 is 3.50. The highest BCUT2D eigenvalue weighted by Gasteiger charge is 2.28. The van der Waals surface area contributed by atoms with Crippen LogP contribution in [0.15, 0.2) is 22.7 Å². The normalized spacial score (nSPS) is 23.5. The second-order valence-corrected chi connectivity index (χ2v) is 5.75. The van der Waals surface area contributed by atoms with E-state index in [-0.39, 0.29) is 5.91 Å². The van der Waals surface area contributed by atoms with Gasteiger partial charge in [-0.1, -0.05) is 15.9 Å².